The molecule has 2 rings (SSSR count). The van der Waals surface area contributed by atoms with Crippen molar-refractivity contribution in [3.05, 3.63) is 33.9 Å². The second kappa shape index (κ2) is 4.50. The highest BCUT2D eigenvalue weighted by Crippen LogP contribution is 2.25. The lowest BCUT2D eigenvalue weighted by atomic mass is 10.1. The van der Waals surface area contributed by atoms with Gasteiger partial charge in [-0.3, -0.25) is 14.9 Å². The van der Waals surface area contributed by atoms with Gasteiger partial charge in [0.25, 0.3) is 11.6 Å². The van der Waals surface area contributed by atoms with E-state index in [0.717, 1.165) is 5.56 Å². The lowest BCUT2D eigenvalue weighted by Crippen LogP contribution is -2.42. The molecule has 6 nitrogen and oxygen atoms in total. The van der Waals surface area contributed by atoms with Crippen molar-refractivity contribution in [2.75, 3.05) is 24.7 Å². The Hall–Kier alpha value is -1.95. The maximum atomic E-state index is 11.6. The molecular weight excluding hydrogens is 224 g/mol. The molecule has 90 valence electrons. The lowest BCUT2D eigenvalue weighted by molar-refractivity contribution is -0.384. The summed E-state index contributed by atoms with van der Waals surface area (Å²) in [5, 5.41) is 10.6. The van der Waals surface area contributed by atoms with Gasteiger partial charge in [-0.05, 0) is 18.6 Å². The summed E-state index contributed by atoms with van der Waals surface area (Å²) in [4.78, 5) is 23.4. The van der Waals surface area contributed by atoms with Crippen LogP contribution in [0.3, 0.4) is 0 Å². The molecule has 1 aliphatic rings. The van der Waals surface area contributed by atoms with Crippen LogP contribution in [0, 0.1) is 17.0 Å². The summed E-state index contributed by atoms with van der Waals surface area (Å²) in [5.41, 5.74) is 1.46. The molecule has 0 unspecified atom stereocenters. The van der Waals surface area contributed by atoms with Crippen LogP contribution in [0.25, 0.3) is 0 Å². The Balaban J connectivity index is 2.32. The third kappa shape index (κ3) is 2.26. The molecule has 0 radical (unpaired) electrons. The Kier molecular flexibility index (Phi) is 3.06. The highest BCUT2D eigenvalue weighted by Gasteiger charge is 2.22. The van der Waals surface area contributed by atoms with Crippen molar-refractivity contribution < 1.29 is 14.5 Å². The van der Waals surface area contributed by atoms with Crippen molar-refractivity contribution >= 4 is 17.3 Å². The average Bonchev–Trinajstić information content (AvgIpc) is 2.30. The number of benzene rings is 1. The Morgan fingerprint density at radius 1 is 1.47 bits per heavy atom. The van der Waals surface area contributed by atoms with Gasteiger partial charge >= 0.3 is 0 Å². The van der Waals surface area contributed by atoms with Crippen LogP contribution in [0.5, 0.6) is 0 Å². The zero-order valence-electron chi connectivity index (χ0n) is 9.38. The van der Waals surface area contributed by atoms with Crippen molar-refractivity contribution in [1.82, 2.24) is 0 Å². The minimum absolute atomic E-state index is 0.0342. The second-order valence-corrected chi connectivity index (χ2v) is 3.83. The molecule has 0 spiro atoms. The molecule has 0 aromatic heterocycles. The van der Waals surface area contributed by atoms with Crippen LogP contribution >= 0.6 is 0 Å². The fourth-order valence-electron chi connectivity index (χ4n) is 1.83. The molecule has 6 heteroatoms. The number of non-ortho nitro benzene ring substituents is 1. The molecule has 0 aliphatic carbocycles. The van der Waals surface area contributed by atoms with Gasteiger partial charge in [-0.1, -0.05) is 0 Å². The van der Waals surface area contributed by atoms with Gasteiger partial charge in [-0.15, -0.1) is 0 Å². The minimum Gasteiger partial charge on any atom is -0.370 e. The first-order valence-corrected chi connectivity index (χ1v) is 5.23. The van der Waals surface area contributed by atoms with Crippen LogP contribution in [-0.4, -0.2) is 30.6 Å². The first-order chi connectivity index (χ1) is 8.09. The van der Waals surface area contributed by atoms with Gasteiger partial charge in [0.1, 0.15) is 6.61 Å². The van der Waals surface area contributed by atoms with E-state index >= 15 is 0 Å². The summed E-state index contributed by atoms with van der Waals surface area (Å²) in [7, 11) is 0. The van der Waals surface area contributed by atoms with Gasteiger partial charge < -0.3 is 9.64 Å². The molecule has 0 bridgehead atoms. The van der Waals surface area contributed by atoms with E-state index in [9.17, 15) is 14.9 Å². The van der Waals surface area contributed by atoms with E-state index in [1.165, 1.54) is 12.1 Å². The average molecular weight is 236 g/mol. The number of amides is 1. The molecule has 0 saturated carbocycles. The monoisotopic (exact) mass is 236 g/mol. The smallest absolute Gasteiger partial charge is 0.269 e. The largest absolute Gasteiger partial charge is 0.370 e. The first-order valence-electron chi connectivity index (χ1n) is 5.23. The number of rotatable bonds is 2. The number of nitrogens with zero attached hydrogens (tertiary/aromatic N) is 2. The number of hydrogen-bond acceptors (Lipinski definition) is 4. The summed E-state index contributed by atoms with van der Waals surface area (Å²) in [5.74, 6) is -0.117. The predicted molar refractivity (Wildman–Crippen MR) is 61.0 cm³/mol. The van der Waals surface area contributed by atoms with Gasteiger partial charge in [0, 0.05) is 24.4 Å². The maximum Gasteiger partial charge on any atom is 0.269 e. The number of nitro groups is 1. The SMILES string of the molecule is Cc1cc([N+](=O)[O-])ccc1N1CCOCC1=O. The molecule has 1 aromatic carbocycles. The van der Waals surface area contributed by atoms with Gasteiger partial charge in [0.15, 0.2) is 0 Å². The normalized spacial score (nSPS) is 16.1. The van der Waals surface area contributed by atoms with E-state index < -0.39 is 4.92 Å². The summed E-state index contributed by atoms with van der Waals surface area (Å²) in [6.45, 7) is 2.79. The summed E-state index contributed by atoms with van der Waals surface area (Å²) < 4.78 is 5.04. The van der Waals surface area contributed by atoms with E-state index in [1.807, 2.05) is 0 Å². The maximum absolute atomic E-state index is 11.6. The number of ether oxygens (including phenoxy) is 1. The fourth-order valence-corrected chi connectivity index (χ4v) is 1.83. The number of carbonyl (C=O) groups is 1. The molecule has 1 fully saturated rings. The molecule has 1 aliphatic heterocycles. The Morgan fingerprint density at radius 3 is 2.82 bits per heavy atom. The molecule has 0 N–H and O–H groups in total. The molecular formula is C11H12N2O4. The Morgan fingerprint density at radius 2 is 2.24 bits per heavy atom. The summed E-state index contributed by atoms with van der Waals surface area (Å²) >= 11 is 0. The van der Waals surface area contributed by atoms with Crippen LogP contribution in [0.4, 0.5) is 11.4 Å². The van der Waals surface area contributed by atoms with Crippen molar-refractivity contribution in [2.24, 2.45) is 0 Å². The highest BCUT2D eigenvalue weighted by atomic mass is 16.6. The molecule has 1 heterocycles. The van der Waals surface area contributed by atoms with Gasteiger partial charge in [-0.25, -0.2) is 0 Å². The van der Waals surface area contributed by atoms with E-state index in [-0.39, 0.29) is 18.2 Å². The zero-order chi connectivity index (χ0) is 12.4. The van der Waals surface area contributed by atoms with Crippen LogP contribution in [0.1, 0.15) is 5.56 Å². The van der Waals surface area contributed by atoms with E-state index in [1.54, 1.807) is 17.9 Å². The predicted octanol–water partition coefficient (Wildman–Crippen LogP) is 1.27. The van der Waals surface area contributed by atoms with Crippen LogP contribution in [-0.2, 0) is 9.53 Å². The number of carbonyl (C=O) groups excluding carboxylic acids is 1. The number of hydrogen-bond donors (Lipinski definition) is 0. The van der Waals surface area contributed by atoms with E-state index in [0.29, 0.717) is 18.8 Å². The fraction of sp³-hybridized carbons (Fsp3) is 0.364. The number of aryl methyl sites for hydroxylation is 1. The Labute approximate surface area is 97.9 Å². The molecule has 0 atom stereocenters. The molecule has 1 amide bonds. The number of morpholine rings is 1. The van der Waals surface area contributed by atoms with Gasteiger partial charge in [0.05, 0.1) is 11.5 Å². The van der Waals surface area contributed by atoms with Crippen molar-refractivity contribution in [1.29, 1.82) is 0 Å². The quantitative estimate of drug-likeness (QED) is 0.572. The van der Waals surface area contributed by atoms with Crippen LogP contribution in [0.2, 0.25) is 0 Å². The van der Waals surface area contributed by atoms with Crippen molar-refractivity contribution in [3.63, 3.8) is 0 Å². The van der Waals surface area contributed by atoms with E-state index in [2.05, 4.69) is 0 Å². The molecule has 17 heavy (non-hydrogen) atoms. The minimum atomic E-state index is -0.447. The van der Waals surface area contributed by atoms with Crippen molar-refractivity contribution in [3.8, 4) is 0 Å². The topological polar surface area (TPSA) is 72.7 Å². The van der Waals surface area contributed by atoms with Crippen molar-refractivity contribution in [2.45, 2.75) is 6.92 Å². The number of nitro benzene ring substituents is 1. The van der Waals surface area contributed by atoms with Crippen LogP contribution < -0.4 is 4.90 Å². The molecule has 1 aromatic rings. The van der Waals surface area contributed by atoms with Gasteiger partial charge in [-0.2, -0.15) is 0 Å². The molecule has 1 saturated heterocycles. The third-order valence-corrected chi connectivity index (χ3v) is 2.67. The van der Waals surface area contributed by atoms with Gasteiger partial charge in [0.2, 0.25) is 0 Å². The van der Waals surface area contributed by atoms with Crippen LogP contribution in [0.15, 0.2) is 18.2 Å². The zero-order valence-corrected chi connectivity index (χ0v) is 9.38. The lowest BCUT2D eigenvalue weighted by Gasteiger charge is -2.27. The summed E-state index contributed by atoms with van der Waals surface area (Å²) in [6.07, 6.45) is 0. The summed E-state index contributed by atoms with van der Waals surface area (Å²) in [6, 6.07) is 4.49. The first kappa shape index (κ1) is 11.5. The number of anilines is 1. The Bertz CT molecular complexity index is 473. The highest BCUT2D eigenvalue weighted by molar-refractivity contribution is 5.95. The van der Waals surface area contributed by atoms with E-state index in [4.69, 9.17) is 4.74 Å². The second-order valence-electron chi connectivity index (χ2n) is 3.83. The standard InChI is InChI=1S/C11H12N2O4/c1-8-6-9(13(15)16)2-3-10(8)12-4-5-17-7-11(12)14/h2-3,6H,4-5,7H2,1H3. The third-order valence-electron chi connectivity index (χ3n) is 2.67.